The lowest BCUT2D eigenvalue weighted by molar-refractivity contribution is -0.108. The van der Waals surface area contributed by atoms with Crippen molar-refractivity contribution >= 4 is 6.29 Å². The summed E-state index contributed by atoms with van der Waals surface area (Å²) in [6.45, 7) is 1.98. The second kappa shape index (κ2) is 6.59. The average Bonchev–Trinajstić information content (AvgIpc) is 2.50. The van der Waals surface area contributed by atoms with Crippen molar-refractivity contribution in [2.75, 3.05) is 19.8 Å². The standard InChI is InChI=1S/C3H6O2.C2H4O/c4-2-1-3-5;1-2-3-1/h2,5H,1,3H2;1-2H2. The van der Waals surface area contributed by atoms with Crippen LogP contribution in [0.4, 0.5) is 0 Å². The van der Waals surface area contributed by atoms with Gasteiger partial charge in [-0.15, -0.1) is 0 Å². The van der Waals surface area contributed by atoms with Crippen molar-refractivity contribution in [2.45, 2.75) is 6.42 Å². The molecule has 1 rings (SSSR count). The fourth-order valence-corrected chi connectivity index (χ4v) is 0.0527. The van der Waals surface area contributed by atoms with Gasteiger partial charge in [0.05, 0.1) is 13.2 Å². The summed E-state index contributed by atoms with van der Waals surface area (Å²) in [4.78, 5) is 9.24. The van der Waals surface area contributed by atoms with Crippen LogP contribution in [0.5, 0.6) is 0 Å². The molecule has 0 spiro atoms. The third-order valence-corrected chi connectivity index (χ3v) is 0.451. The minimum absolute atomic E-state index is 0.0243. The van der Waals surface area contributed by atoms with E-state index in [4.69, 9.17) is 5.11 Å². The van der Waals surface area contributed by atoms with Gasteiger partial charge in [0.15, 0.2) is 0 Å². The van der Waals surface area contributed by atoms with E-state index in [2.05, 4.69) is 4.74 Å². The largest absolute Gasteiger partial charge is 0.396 e. The van der Waals surface area contributed by atoms with E-state index in [9.17, 15) is 4.79 Å². The van der Waals surface area contributed by atoms with Crippen LogP contribution in [0.2, 0.25) is 0 Å². The summed E-state index contributed by atoms with van der Waals surface area (Å²) in [6, 6.07) is 0. The Morgan fingerprint density at radius 2 is 2.12 bits per heavy atom. The van der Waals surface area contributed by atoms with Crippen molar-refractivity contribution in [3.8, 4) is 0 Å². The number of hydrogen-bond acceptors (Lipinski definition) is 3. The lowest BCUT2D eigenvalue weighted by atomic mass is 10.5. The van der Waals surface area contributed by atoms with E-state index in [1.165, 1.54) is 0 Å². The Kier molecular flexibility index (Phi) is 6.25. The Balaban J connectivity index is 0.000000135. The molecular weight excluding hydrogens is 108 g/mol. The maximum Gasteiger partial charge on any atom is 0.122 e. The molecule has 3 heteroatoms. The number of aldehydes is 1. The second-order valence-electron chi connectivity index (χ2n) is 1.29. The fourth-order valence-electron chi connectivity index (χ4n) is 0.0527. The quantitative estimate of drug-likeness (QED) is 0.396. The molecule has 0 unspecified atom stereocenters. The van der Waals surface area contributed by atoms with Crippen molar-refractivity contribution in [3.05, 3.63) is 0 Å². The molecular formula is C5H10O3. The van der Waals surface area contributed by atoms with Gasteiger partial charge in [0, 0.05) is 13.0 Å². The van der Waals surface area contributed by atoms with Gasteiger partial charge in [0.1, 0.15) is 6.29 Å². The molecule has 0 atom stereocenters. The fraction of sp³-hybridized carbons (Fsp3) is 0.800. The van der Waals surface area contributed by atoms with E-state index in [0.29, 0.717) is 6.29 Å². The van der Waals surface area contributed by atoms with Crippen molar-refractivity contribution in [2.24, 2.45) is 0 Å². The normalized spacial score (nSPS) is 13.6. The van der Waals surface area contributed by atoms with Crippen LogP contribution in [0.15, 0.2) is 0 Å². The number of aliphatic hydroxyl groups excluding tert-OH is 1. The third-order valence-electron chi connectivity index (χ3n) is 0.451. The second-order valence-corrected chi connectivity index (χ2v) is 1.29. The summed E-state index contributed by atoms with van der Waals surface area (Å²) >= 11 is 0. The molecule has 0 bridgehead atoms. The van der Waals surface area contributed by atoms with Crippen molar-refractivity contribution < 1.29 is 14.6 Å². The molecule has 1 aliphatic heterocycles. The lowest BCUT2D eigenvalue weighted by Gasteiger charge is -1.69. The zero-order chi connectivity index (χ0) is 6.24. The molecule has 0 aromatic carbocycles. The van der Waals surface area contributed by atoms with E-state index in [1.54, 1.807) is 0 Å². The molecule has 1 heterocycles. The molecule has 3 nitrogen and oxygen atoms in total. The monoisotopic (exact) mass is 118 g/mol. The van der Waals surface area contributed by atoms with Crippen LogP contribution in [0.25, 0.3) is 0 Å². The minimum Gasteiger partial charge on any atom is -0.396 e. The molecule has 1 fully saturated rings. The zero-order valence-electron chi connectivity index (χ0n) is 4.67. The molecule has 1 saturated heterocycles. The van der Waals surface area contributed by atoms with Gasteiger partial charge in [-0.3, -0.25) is 0 Å². The van der Waals surface area contributed by atoms with Gasteiger partial charge in [-0.05, 0) is 0 Å². The highest BCUT2D eigenvalue weighted by Gasteiger charge is 1.94. The van der Waals surface area contributed by atoms with Gasteiger partial charge in [-0.25, -0.2) is 0 Å². The Bertz CT molecular complexity index is 48.9. The van der Waals surface area contributed by atoms with Gasteiger partial charge in [-0.2, -0.15) is 0 Å². The highest BCUT2D eigenvalue weighted by atomic mass is 16.6. The summed E-state index contributed by atoms with van der Waals surface area (Å²) in [6.07, 6.45) is 0.944. The molecule has 1 aliphatic rings. The molecule has 0 aliphatic carbocycles. The zero-order valence-corrected chi connectivity index (χ0v) is 4.67. The van der Waals surface area contributed by atoms with Crippen molar-refractivity contribution in [1.82, 2.24) is 0 Å². The maximum absolute atomic E-state index is 9.24. The molecule has 0 amide bonds. The van der Waals surface area contributed by atoms with Crippen molar-refractivity contribution in [3.63, 3.8) is 0 Å². The Hall–Kier alpha value is -0.410. The predicted octanol–water partition coefficient (Wildman–Crippen LogP) is -0.416. The number of carbonyl (C=O) groups excluding carboxylic acids is 1. The van der Waals surface area contributed by atoms with Crippen LogP contribution in [-0.4, -0.2) is 31.2 Å². The van der Waals surface area contributed by atoms with E-state index in [0.717, 1.165) is 13.2 Å². The lowest BCUT2D eigenvalue weighted by Crippen LogP contribution is -1.78. The Labute approximate surface area is 48.3 Å². The number of carbonyl (C=O) groups is 1. The number of aliphatic hydroxyl groups is 1. The van der Waals surface area contributed by atoms with E-state index < -0.39 is 0 Å². The first-order valence-electron chi connectivity index (χ1n) is 2.54. The molecule has 0 saturated carbocycles. The molecule has 1 N–H and O–H groups in total. The van der Waals surface area contributed by atoms with Crippen molar-refractivity contribution in [1.29, 1.82) is 0 Å². The summed E-state index contributed by atoms with van der Waals surface area (Å²) < 4.78 is 4.50. The Morgan fingerprint density at radius 3 is 2.12 bits per heavy atom. The van der Waals surface area contributed by atoms with Crippen LogP contribution in [0.1, 0.15) is 6.42 Å². The van der Waals surface area contributed by atoms with Crippen LogP contribution in [-0.2, 0) is 9.53 Å². The maximum atomic E-state index is 9.24. The average molecular weight is 118 g/mol. The molecule has 0 aromatic heterocycles. The summed E-state index contributed by atoms with van der Waals surface area (Å²) in [5, 5.41) is 7.84. The highest BCUT2D eigenvalue weighted by Crippen LogP contribution is 1.84. The predicted molar refractivity (Wildman–Crippen MR) is 28.6 cm³/mol. The molecule has 0 radical (unpaired) electrons. The van der Waals surface area contributed by atoms with E-state index in [1.807, 2.05) is 0 Å². The first-order valence-corrected chi connectivity index (χ1v) is 2.54. The topological polar surface area (TPSA) is 49.8 Å². The van der Waals surface area contributed by atoms with Crippen LogP contribution < -0.4 is 0 Å². The van der Waals surface area contributed by atoms with E-state index in [-0.39, 0.29) is 13.0 Å². The molecule has 48 valence electrons. The van der Waals surface area contributed by atoms with E-state index >= 15 is 0 Å². The first-order chi connectivity index (χ1) is 3.91. The summed E-state index contributed by atoms with van der Waals surface area (Å²) in [5.74, 6) is 0. The van der Waals surface area contributed by atoms with Gasteiger partial charge in [-0.1, -0.05) is 0 Å². The minimum atomic E-state index is -0.0243. The summed E-state index contributed by atoms with van der Waals surface area (Å²) in [7, 11) is 0. The van der Waals surface area contributed by atoms with Gasteiger partial charge < -0.3 is 14.6 Å². The van der Waals surface area contributed by atoms with Crippen LogP contribution in [0, 0.1) is 0 Å². The SMILES string of the molecule is C1CO1.O=CCCO. The first kappa shape index (κ1) is 7.59. The third kappa shape index (κ3) is 17.6. The smallest absolute Gasteiger partial charge is 0.122 e. The number of ether oxygens (including phenoxy) is 1. The number of epoxide rings is 1. The number of hydrogen-bond donors (Lipinski definition) is 1. The summed E-state index contributed by atoms with van der Waals surface area (Å²) in [5.41, 5.74) is 0. The Morgan fingerprint density at radius 1 is 1.62 bits per heavy atom. The molecule has 0 aromatic rings. The number of rotatable bonds is 2. The van der Waals surface area contributed by atoms with Gasteiger partial charge >= 0.3 is 0 Å². The molecule has 8 heavy (non-hydrogen) atoms. The highest BCUT2D eigenvalue weighted by molar-refractivity contribution is 5.49. The van der Waals surface area contributed by atoms with Gasteiger partial charge in [0.25, 0.3) is 0 Å². The van der Waals surface area contributed by atoms with Crippen LogP contribution in [0.3, 0.4) is 0 Å². The van der Waals surface area contributed by atoms with Crippen LogP contribution >= 0.6 is 0 Å². The van der Waals surface area contributed by atoms with Gasteiger partial charge in [0.2, 0.25) is 0 Å².